The molecule has 3 aliphatic rings. The zero-order valence-electron chi connectivity index (χ0n) is 17.8. The maximum atomic E-state index is 5.67. The van der Waals surface area contributed by atoms with Crippen LogP contribution < -0.4 is 20.4 Å². The number of piperidine rings is 1. The lowest BCUT2D eigenvalue weighted by atomic mass is 10.1. The standard InChI is InChI=1S/C23H30N6OS/c31-23(24-14-19-9-6-12-30-19)27-22-25-20(28-10-4-1-5-11-28)13-21(26-22)29-15-17-7-2-3-8-18(17)16-29/h2-3,7-8,13,19H,1,4-6,9-12,14-16H2,(H2,24,25,26,27,31). The fourth-order valence-corrected chi connectivity index (χ4v) is 4.75. The fraction of sp³-hybridized carbons (Fsp3) is 0.522. The predicted octanol–water partition coefficient (Wildman–Crippen LogP) is 3.45. The third-order valence-corrected chi connectivity index (χ3v) is 6.53. The molecule has 2 fully saturated rings. The van der Waals surface area contributed by atoms with Crippen LogP contribution in [0.2, 0.25) is 0 Å². The lowest BCUT2D eigenvalue weighted by molar-refractivity contribution is 0.114. The van der Waals surface area contributed by atoms with E-state index in [1.165, 1.54) is 30.4 Å². The average Bonchev–Trinajstić information content (AvgIpc) is 3.48. The summed E-state index contributed by atoms with van der Waals surface area (Å²) >= 11 is 5.52. The molecule has 0 spiro atoms. The van der Waals surface area contributed by atoms with Crippen molar-refractivity contribution in [1.82, 2.24) is 15.3 Å². The van der Waals surface area contributed by atoms with Crippen LogP contribution in [0.3, 0.4) is 0 Å². The summed E-state index contributed by atoms with van der Waals surface area (Å²) in [6, 6.07) is 10.7. The van der Waals surface area contributed by atoms with E-state index in [1.54, 1.807) is 0 Å². The molecule has 2 N–H and O–H groups in total. The minimum absolute atomic E-state index is 0.235. The van der Waals surface area contributed by atoms with Gasteiger partial charge in [0, 0.05) is 45.4 Å². The summed E-state index contributed by atoms with van der Waals surface area (Å²) in [6.07, 6.45) is 6.14. The van der Waals surface area contributed by atoms with E-state index < -0.39 is 0 Å². The molecule has 3 aliphatic heterocycles. The Bertz CT molecular complexity index is 901. The third-order valence-electron chi connectivity index (χ3n) is 6.28. The minimum atomic E-state index is 0.235. The molecule has 1 aromatic carbocycles. The summed E-state index contributed by atoms with van der Waals surface area (Å²) in [7, 11) is 0. The molecule has 7 nitrogen and oxygen atoms in total. The maximum absolute atomic E-state index is 5.67. The average molecular weight is 439 g/mol. The van der Waals surface area contributed by atoms with E-state index in [4.69, 9.17) is 26.9 Å². The normalized spacial score (nSPS) is 20.6. The van der Waals surface area contributed by atoms with Gasteiger partial charge >= 0.3 is 0 Å². The second-order valence-corrected chi connectivity index (χ2v) is 8.96. The number of rotatable bonds is 5. The van der Waals surface area contributed by atoms with Crippen molar-refractivity contribution in [3.63, 3.8) is 0 Å². The van der Waals surface area contributed by atoms with Crippen molar-refractivity contribution in [3.8, 4) is 0 Å². The van der Waals surface area contributed by atoms with E-state index in [0.29, 0.717) is 17.6 Å². The van der Waals surface area contributed by atoms with Crippen molar-refractivity contribution in [2.24, 2.45) is 0 Å². The lowest BCUT2D eigenvalue weighted by Crippen LogP contribution is -2.36. The largest absolute Gasteiger partial charge is 0.376 e. The first-order valence-electron chi connectivity index (χ1n) is 11.4. The molecule has 31 heavy (non-hydrogen) atoms. The van der Waals surface area contributed by atoms with Gasteiger partial charge in [-0.2, -0.15) is 9.97 Å². The highest BCUT2D eigenvalue weighted by Crippen LogP contribution is 2.30. The van der Waals surface area contributed by atoms with E-state index in [1.807, 2.05) is 0 Å². The Morgan fingerprint density at radius 2 is 1.71 bits per heavy atom. The van der Waals surface area contributed by atoms with Gasteiger partial charge in [-0.3, -0.25) is 0 Å². The van der Waals surface area contributed by atoms with Crippen LogP contribution in [-0.4, -0.2) is 47.4 Å². The molecule has 5 rings (SSSR count). The van der Waals surface area contributed by atoms with Crippen LogP contribution in [0.1, 0.15) is 43.2 Å². The third kappa shape index (κ3) is 4.91. The predicted molar refractivity (Wildman–Crippen MR) is 128 cm³/mol. The molecule has 0 bridgehead atoms. The molecule has 0 amide bonds. The first-order valence-corrected chi connectivity index (χ1v) is 11.8. The van der Waals surface area contributed by atoms with Gasteiger partial charge in [0.05, 0.1) is 6.10 Å². The van der Waals surface area contributed by atoms with Gasteiger partial charge in [0.1, 0.15) is 11.6 Å². The Balaban J connectivity index is 1.34. The molecule has 2 saturated heterocycles. The van der Waals surface area contributed by atoms with Crippen LogP contribution in [0.25, 0.3) is 0 Å². The molecule has 4 heterocycles. The Morgan fingerprint density at radius 3 is 2.39 bits per heavy atom. The number of anilines is 3. The maximum Gasteiger partial charge on any atom is 0.232 e. The van der Waals surface area contributed by atoms with Gasteiger partial charge in [-0.05, 0) is 55.4 Å². The monoisotopic (exact) mass is 438 g/mol. The summed E-state index contributed by atoms with van der Waals surface area (Å²) in [4.78, 5) is 14.3. The molecule has 0 saturated carbocycles. The second-order valence-electron chi connectivity index (χ2n) is 8.55. The van der Waals surface area contributed by atoms with E-state index in [2.05, 4.69) is 50.8 Å². The Kier molecular flexibility index (Phi) is 6.18. The van der Waals surface area contributed by atoms with Crippen LogP contribution in [0.15, 0.2) is 30.3 Å². The first kappa shape index (κ1) is 20.5. The Morgan fingerprint density at radius 1 is 1.00 bits per heavy atom. The van der Waals surface area contributed by atoms with Gasteiger partial charge in [-0.15, -0.1) is 0 Å². The van der Waals surface area contributed by atoms with Crippen molar-refractivity contribution < 1.29 is 4.74 Å². The summed E-state index contributed by atoms with van der Waals surface area (Å²) in [5.41, 5.74) is 2.73. The zero-order valence-corrected chi connectivity index (χ0v) is 18.7. The van der Waals surface area contributed by atoms with Gasteiger partial charge in [0.15, 0.2) is 5.11 Å². The van der Waals surface area contributed by atoms with Gasteiger partial charge < -0.3 is 25.2 Å². The summed E-state index contributed by atoms with van der Waals surface area (Å²) < 4.78 is 5.67. The molecule has 1 atom stereocenters. The van der Waals surface area contributed by atoms with Crippen LogP contribution in [0.4, 0.5) is 17.6 Å². The van der Waals surface area contributed by atoms with E-state index in [9.17, 15) is 0 Å². The molecular weight excluding hydrogens is 408 g/mol. The second kappa shape index (κ2) is 9.36. The van der Waals surface area contributed by atoms with Gasteiger partial charge in [0.2, 0.25) is 5.95 Å². The number of fused-ring (bicyclic) bond motifs is 1. The molecule has 1 aromatic heterocycles. The van der Waals surface area contributed by atoms with Crippen LogP contribution >= 0.6 is 12.2 Å². The van der Waals surface area contributed by atoms with E-state index in [0.717, 1.165) is 57.3 Å². The zero-order chi connectivity index (χ0) is 21.0. The van der Waals surface area contributed by atoms with Gasteiger partial charge in [-0.1, -0.05) is 24.3 Å². The minimum Gasteiger partial charge on any atom is -0.376 e. The fourth-order valence-electron chi connectivity index (χ4n) is 4.58. The quantitative estimate of drug-likeness (QED) is 0.688. The van der Waals surface area contributed by atoms with Crippen LogP contribution in [0.5, 0.6) is 0 Å². The number of aromatic nitrogens is 2. The molecule has 8 heteroatoms. The molecule has 2 aromatic rings. The number of ether oxygens (including phenoxy) is 1. The van der Waals surface area contributed by atoms with E-state index >= 15 is 0 Å². The smallest absolute Gasteiger partial charge is 0.232 e. The molecule has 1 unspecified atom stereocenters. The van der Waals surface area contributed by atoms with Gasteiger partial charge in [-0.25, -0.2) is 0 Å². The number of benzene rings is 1. The van der Waals surface area contributed by atoms with Crippen molar-refractivity contribution in [1.29, 1.82) is 0 Å². The highest BCUT2D eigenvalue weighted by atomic mass is 32.1. The first-order chi connectivity index (χ1) is 15.2. The Hall–Kier alpha value is -2.45. The molecule has 0 radical (unpaired) electrons. The van der Waals surface area contributed by atoms with Gasteiger partial charge in [0.25, 0.3) is 0 Å². The van der Waals surface area contributed by atoms with Crippen molar-refractivity contribution in [3.05, 3.63) is 41.5 Å². The lowest BCUT2D eigenvalue weighted by Gasteiger charge is -2.29. The SMILES string of the molecule is S=C(NCC1CCCO1)Nc1nc(N2CCCCC2)cc(N2Cc3ccccc3C2)n1. The van der Waals surface area contributed by atoms with Crippen LogP contribution in [-0.2, 0) is 17.8 Å². The summed E-state index contributed by atoms with van der Waals surface area (Å²) in [5, 5.41) is 7.03. The van der Waals surface area contributed by atoms with E-state index in [-0.39, 0.29) is 6.10 Å². The number of hydrogen-bond acceptors (Lipinski definition) is 6. The van der Waals surface area contributed by atoms with Crippen molar-refractivity contribution in [2.45, 2.75) is 51.3 Å². The molecule has 0 aliphatic carbocycles. The highest BCUT2D eigenvalue weighted by Gasteiger charge is 2.23. The highest BCUT2D eigenvalue weighted by molar-refractivity contribution is 7.80. The summed E-state index contributed by atoms with van der Waals surface area (Å²) in [6.45, 7) is 5.37. The molecular formula is C23H30N6OS. The number of nitrogens with one attached hydrogen (secondary N) is 2. The van der Waals surface area contributed by atoms with Crippen molar-refractivity contribution >= 4 is 34.9 Å². The number of thiocarbonyl (C=S) groups is 1. The van der Waals surface area contributed by atoms with Crippen LogP contribution in [0, 0.1) is 0 Å². The van der Waals surface area contributed by atoms with Crippen molar-refractivity contribution in [2.75, 3.05) is 41.4 Å². The topological polar surface area (TPSA) is 65.6 Å². The molecule has 164 valence electrons. The number of nitrogens with zero attached hydrogens (tertiary/aromatic N) is 4. The Labute approximate surface area is 189 Å². The summed E-state index contributed by atoms with van der Waals surface area (Å²) in [5.74, 6) is 2.47. The number of hydrogen-bond donors (Lipinski definition) is 2.